The predicted octanol–water partition coefficient (Wildman–Crippen LogP) is 1.53. The van der Waals surface area contributed by atoms with E-state index in [2.05, 4.69) is 11.0 Å². The Balaban J connectivity index is 2.01. The van der Waals surface area contributed by atoms with E-state index in [4.69, 9.17) is 5.26 Å². The van der Waals surface area contributed by atoms with Gasteiger partial charge in [-0.3, -0.25) is 0 Å². The lowest BCUT2D eigenvalue weighted by Gasteiger charge is -2.37. The Labute approximate surface area is 139 Å². The van der Waals surface area contributed by atoms with Crippen LogP contribution in [0.25, 0.3) is 0 Å². The molecule has 2 rings (SSSR count). The Hall–Kier alpha value is -1.62. The van der Waals surface area contributed by atoms with E-state index in [1.165, 1.54) is 8.61 Å². The van der Waals surface area contributed by atoms with Crippen molar-refractivity contribution >= 4 is 15.9 Å². The van der Waals surface area contributed by atoms with Gasteiger partial charge in [-0.25, -0.2) is 0 Å². The van der Waals surface area contributed by atoms with Crippen molar-refractivity contribution in [3.05, 3.63) is 30.3 Å². The van der Waals surface area contributed by atoms with E-state index < -0.39 is 10.2 Å². The van der Waals surface area contributed by atoms with Crippen molar-refractivity contribution in [3.8, 4) is 6.07 Å². The summed E-state index contributed by atoms with van der Waals surface area (Å²) in [5.41, 5.74) is 1.12. The minimum Gasteiger partial charge on any atom is -0.369 e. The lowest BCUT2D eigenvalue weighted by Crippen LogP contribution is -2.53. The first-order valence-corrected chi connectivity index (χ1v) is 9.33. The minimum atomic E-state index is -3.50. The third-order valence-corrected chi connectivity index (χ3v) is 6.14. The van der Waals surface area contributed by atoms with Gasteiger partial charge in [0, 0.05) is 45.0 Å². The van der Waals surface area contributed by atoms with Gasteiger partial charge >= 0.3 is 0 Å². The van der Waals surface area contributed by atoms with Gasteiger partial charge in [0.25, 0.3) is 10.2 Å². The van der Waals surface area contributed by atoms with Gasteiger partial charge in [0.05, 0.1) is 12.0 Å². The number of rotatable bonds is 6. The highest BCUT2D eigenvalue weighted by Gasteiger charge is 2.32. The lowest BCUT2D eigenvalue weighted by molar-refractivity contribution is 0.320. The molecule has 0 aliphatic carbocycles. The van der Waals surface area contributed by atoms with Crippen LogP contribution in [-0.4, -0.2) is 56.3 Å². The summed E-state index contributed by atoms with van der Waals surface area (Å²) in [7, 11) is -3.50. The van der Waals surface area contributed by atoms with Crippen molar-refractivity contribution in [2.45, 2.75) is 13.8 Å². The van der Waals surface area contributed by atoms with Crippen LogP contribution in [0.4, 0.5) is 5.69 Å². The van der Waals surface area contributed by atoms with Gasteiger partial charge < -0.3 is 4.90 Å². The van der Waals surface area contributed by atoms with Gasteiger partial charge in [-0.15, -0.1) is 0 Å². The molecule has 0 spiro atoms. The maximum atomic E-state index is 12.7. The van der Waals surface area contributed by atoms with Gasteiger partial charge in [-0.05, 0) is 19.1 Å². The summed E-state index contributed by atoms with van der Waals surface area (Å²) in [6, 6.07) is 12.1. The van der Waals surface area contributed by atoms with Crippen LogP contribution in [0.2, 0.25) is 0 Å². The zero-order chi connectivity index (χ0) is 16.9. The second-order valence-corrected chi connectivity index (χ2v) is 7.64. The Morgan fingerprint density at radius 2 is 1.83 bits per heavy atom. The number of hydrogen-bond acceptors (Lipinski definition) is 4. The zero-order valence-electron chi connectivity index (χ0n) is 13.7. The summed E-state index contributed by atoms with van der Waals surface area (Å²) in [6.07, 6.45) is 0. The van der Waals surface area contributed by atoms with Crippen molar-refractivity contribution in [2.75, 3.05) is 44.2 Å². The Bertz CT molecular complexity index is 634. The number of nitriles is 1. The average molecular weight is 336 g/mol. The lowest BCUT2D eigenvalue weighted by atomic mass is 10.2. The minimum absolute atomic E-state index is 0.244. The van der Waals surface area contributed by atoms with Crippen LogP contribution < -0.4 is 4.90 Å². The van der Waals surface area contributed by atoms with E-state index in [1.807, 2.05) is 37.3 Å². The molecule has 6 nitrogen and oxygen atoms in total. The summed E-state index contributed by atoms with van der Waals surface area (Å²) in [5, 5.41) is 8.92. The monoisotopic (exact) mass is 336 g/mol. The highest BCUT2D eigenvalue weighted by atomic mass is 32.2. The molecule has 1 heterocycles. The van der Waals surface area contributed by atoms with E-state index >= 15 is 0 Å². The molecule has 1 aliphatic heterocycles. The van der Waals surface area contributed by atoms with E-state index in [0.29, 0.717) is 32.7 Å². The van der Waals surface area contributed by atoms with E-state index in [9.17, 15) is 8.42 Å². The highest BCUT2D eigenvalue weighted by molar-refractivity contribution is 7.86. The molecule has 0 saturated carbocycles. The predicted molar refractivity (Wildman–Crippen MR) is 91.2 cm³/mol. The van der Waals surface area contributed by atoms with Crippen LogP contribution in [-0.2, 0) is 10.2 Å². The summed E-state index contributed by atoms with van der Waals surface area (Å²) >= 11 is 0. The summed E-state index contributed by atoms with van der Waals surface area (Å²) in [5.74, 6) is -0.310. The molecule has 1 fully saturated rings. The van der Waals surface area contributed by atoms with Crippen molar-refractivity contribution < 1.29 is 8.42 Å². The Morgan fingerprint density at radius 1 is 1.22 bits per heavy atom. The third-order valence-electron chi connectivity index (χ3n) is 4.06. The fraction of sp³-hybridized carbons (Fsp3) is 0.562. The molecule has 7 heteroatoms. The van der Waals surface area contributed by atoms with Gasteiger partial charge in [0.15, 0.2) is 0 Å². The largest absolute Gasteiger partial charge is 0.369 e. The summed E-state index contributed by atoms with van der Waals surface area (Å²) in [6.45, 7) is 6.46. The van der Waals surface area contributed by atoms with Crippen molar-refractivity contribution in [3.63, 3.8) is 0 Å². The molecule has 1 aliphatic rings. The van der Waals surface area contributed by atoms with Crippen molar-refractivity contribution in [1.82, 2.24) is 8.61 Å². The fourth-order valence-corrected chi connectivity index (χ4v) is 4.40. The SMILES string of the molecule is CCN(C[C@@H](C)C#N)S(=O)(=O)N1CCN(c2ccccc2)CC1. The van der Waals surface area contributed by atoms with Gasteiger partial charge in [-0.1, -0.05) is 25.1 Å². The molecule has 0 N–H and O–H groups in total. The van der Waals surface area contributed by atoms with Crippen LogP contribution in [0, 0.1) is 17.2 Å². The van der Waals surface area contributed by atoms with Gasteiger partial charge in [0.1, 0.15) is 0 Å². The van der Waals surface area contributed by atoms with Gasteiger partial charge in [-0.2, -0.15) is 22.3 Å². The van der Waals surface area contributed by atoms with E-state index in [1.54, 1.807) is 6.92 Å². The number of benzene rings is 1. The first kappa shape index (κ1) is 17.7. The topological polar surface area (TPSA) is 67.6 Å². The smallest absolute Gasteiger partial charge is 0.282 e. The van der Waals surface area contributed by atoms with Crippen LogP contribution in [0.15, 0.2) is 30.3 Å². The molecule has 0 bridgehead atoms. The molecule has 0 aromatic heterocycles. The zero-order valence-corrected chi connectivity index (χ0v) is 14.5. The van der Waals surface area contributed by atoms with E-state index in [-0.39, 0.29) is 12.5 Å². The first-order chi connectivity index (χ1) is 11.0. The second kappa shape index (κ2) is 7.77. The van der Waals surface area contributed by atoms with Crippen LogP contribution in [0.5, 0.6) is 0 Å². The third kappa shape index (κ3) is 4.22. The molecule has 1 aromatic rings. The molecule has 0 amide bonds. The summed E-state index contributed by atoms with van der Waals surface area (Å²) < 4.78 is 28.4. The van der Waals surface area contributed by atoms with Crippen molar-refractivity contribution in [1.29, 1.82) is 5.26 Å². The highest BCUT2D eigenvalue weighted by Crippen LogP contribution is 2.19. The molecule has 1 atom stereocenters. The van der Waals surface area contributed by atoms with Gasteiger partial charge in [0.2, 0.25) is 0 Å². The Morgan fingerprint density at radius 3 is 2.35 bits per heavy atom. The maximum absolute atomic E-state index is 12.7. The number of hydrogen-bond donors (Lipinski definition) is 0. The van der Waals surface area contributed by atoms with E-state index in [0.717, 1.165) is 5.69 Å². The molecule has 1 saturated heterocycles. The van der Waals surface area contributed by atoms with Crippen molar-refractivity contribution in [2.24, 2.45) is 5.92 Å². The standard InChI is InChI=1S/C16H24N4O2S/c1-3-19(14-15(2)13-17)23(21,22)20-11-9-18(10-12-20)16-7-5-4-6-8-16/h4-8,15H,3,9-12,14H2,1-2H3/t15-/m0/s1. The molecule has 0 radical (unpaired) electrons. The number of piperazine rings is 1. The first-order valence-electron chi connectivity index (χ1n) is 7.94. The quantitative estimate of drug-likeness (QED) is 0.790. The summed E-state index contributed by atoms with van der Waals surface area (Å²) in [4.78, 5) is 2.19. The molecular weight excluding hydrogens is 312 g/mol. The fourth-order valence-electron chi connectivity index (χ4n) is 2.71. The van der Waals surface area contributed by atoms with Crippen LogP contribution in [0.3, 0.4) is 0 Å². The van der Waals surface area contributed by atoms with Crippen LogP contribution in [0.1, 0.15) is 13.8 Å². The maximum Gasteiger partial charge on any atom is 0.282 e. The Kier molecular flexibility index (Phi) is 5.99. The second-order valence-electron chi connectivity index (χ2n) is 5.71. The number of nitrogens with zero attached hydrogens (tertiary/aromatic N) is 4. The normalized spacial score (nSPS) is 17.9. The molecule has 126 valence electrons. The molecule has 1 aromatic carbocycles. The van der Waals surface area contributed by atoms with Crippen LogP contribution >= 0.6 is 0 Å². The molecular formula is C16H24N4O2S. The molecule has 23 heavy (non-hydrogen) atoms. The molecule has 0 unspecified atom stereocenters. The number of anilines is 1. The average Bonchev–Trinajstić information content (AvgIpc) is 2.60. The number of para-hydroxylation sites is 1.